The van der Waals surface area contributed by atoms with Crippen molar-refractivity contribution in [1.29, 1.82) is 0 Å². The Hall–Kier alpha value is -4.28. The molecule has 0 saturated carbocycles. The summed E-state index contributed by atoms with van der Waals surface area (Å²) in [6, 6.07) is 11.8. The van der Waals surface area contributed by atoms with Gasteiger partial charge in [0.05, 0.1) is 23.4 Å². The van der Waals surface area contributed by atoms with Crippen LogP contribution in [0.15, 0.2) is 60.8 Å². The van der Waals surface area contributed by atoms with Crippen molar-refractivity contribution < 1.29 is 36.6 Å². The molecular weight excluding hydrogens is 506 g/mol. The lowest BCUT2D eigenvalue weighted by Gasteiger charge is -2.28. The predicted octanol–water partition coefficient (Wildman–Crippen LogP) is 5.29. The monoisotopic (exact) mass is 529 g/mol. The number of halogens is 4. The molecule has 0 saturated heterocycles. The van der Waals surface area contributed by atoms with E-state index in [-0.39, 0.29) is 37.4 Å². The van der Waals surface area contributed by atoms with Gasteiger partial charge in [-0.3, -0.25) is 9.59 Å². The van der Waals surface area contributed by atoms with E-state index >= 15 is 0 Å². The van der Waals surface area contributed by atoms with E-state index in [4.69, 9.17) is 9.47 Å². The van der Waals surface area contributed by atoms with Crippen molar-refractivity contribution in [2.45, 2.75) is 38.5 Å². The SMILES string of the molecule is CCOC(=O)C(C)(Cc1cccc(F)c1)c1ccnc2c(-c3ccc(C(F)(F)F)cc3)c(COC=O)nn12. The van der Waals surface area contributed by atoms with Crippen molar-refractivity contribution in [3.05, 3.63) is 89.1 Å². The molecule has 38 heavy (non-hydrogen) atoms. The van der Waals surface area contributed by atoms with Crippen LogP contribution in [0.3, 0.4) is 0 Å². The molecule has 0 aliphatic carbocycles. The van der Waals surface area contributed by atoms with Crippen LogP contribution < -0.4 is 0 Å². The number of alkyl halides is 3. The van der Waals surface area contributed by atoms with Gasteiger partial charge in [-0.15, -0.1) is 0 Å². The highest BCUT2D eigenvalue weighted by atomic mass is 19.4. The Morgan fingerprint density at radius 2 is 1.84 bits per heavy atom. The van der Waals surface area contributed by atoms with E-state index in [2.05, 4.69) is 10.1 Å². The van der Waals surface area contributed by atoms with Crippen LogP contribution in [-0.4, -0.2) is 33.6 Å². The van der Waals surface area contributed by atoms with Crippen LogP contribution in [0, 0.1) is 5.82 Å². The van der Waals surface area contributed by atoms with Crippen molar-refractivity contribution in [1.82, 2.24) is 14.6 Å². The first kappa shape index (κ1) is 26.8. The van der Waals surface area contributed by atoms with Crippen molar-refractivity contribution >= 4 is 18.1 Å². The molecule has 0 spiro atoms. The molecule has 2 heterocycles. The maximum Gasteiger partial charge on any atom is 0.416 e. The summed E-state index contributed by atoms with van der Waals surface area (Å²) in [5.41, 5.74) is -0.195. The minimum atomic E-state index is -4.52. The number of nitrogens with zero attached hydrogens (tertiary/aromatic N) is 3. The molecule has 0 aliphatic heterocycles. The molecule has 0 N–H and O–H groups in total. The Morgan fingerprint density at radius 3 is 2.47 bits per heavy atom. The smallest absolute Gasteiger partial charge is 0.416 e. The highest BCUT2D eigenvalue weighted by Gasteiger charge is 2.40. The molecule has 1 unspecified atom stereocenters. The molecule has 7 nitrogen and oxygen atoms in total. The molecule has 4 rings (SSSR count). The number of ether oxygens (including phenoxy) is 2. The fourth-order valence-electron chi connectivity index (χ4n) is 4.36. The Balaban J connectivity index is 1.92. The van der Waals surface area contributed by atoms with E-state index in [1.807, 2.05) is 0 Å². The molecule has 2 aromatic heterocycles. The second-order valence-corrected chi connectivity index (χ2v) is 8.73. The summed E-state index contributed by atoms with van der Waals surface area (Å²) in [5, 5.41) is 4.53. The van der Waals surface area contributed by atoms with Gasteiger partial charge in [-0.25, -0.2) is 13.9 Å². The van der Waals surface area contributed by atoms with Crippen molar-refractivity contribution in [3.63, 3.8) is 0 Å². The van der Waals surface area contributed by atoms with Crippen molar-refractivity contribution in [2.24, 2.45) is 0 Å². The van der Waals surface area contributed by atoms with Crippen LogP contribution in [0.25, 0.3) is 16.8 Å². The Bertz CT molecular complexity index is 1470. The summed E-state index contributed by atoms with van der Waals surface area (Å²) in [5.74, 6) is -1.06. The minimum absolute atomic E-state index is 0.0539. The zero-order valence-corrected chi connectivity index (χ0v) is 20.5. The van der Waals surface area contributed by atoms with E-state index in [1.165, 1.54) is 41.0 Å². The number of aromatic nitrogens is 3. The van der Waals surface area contributed by atoms with E-state index < -0.39 is 28.9 Å². The average Bonchev–Trinajstić information content (AvgIpc) is 3.25. The second kappa shape index (κ2) is 10.6. The Kier molecular flexibility index (Phi) is 7.47. The highest BCUT2D eigenvalue weighted by Crippen LogP contribution is 2.36. The van der Waals surface area contributed by atoms with Crippen LogP contribution in [0.5, 0.6) is 0 Å². The van der Waals surface area contributed by atoms with Crippen LogP contribution in [0.1, 0.15) is 36.4 Å². The van der Waals surface area contributed by atoms with Crippen LogP contribution in [0.2, 0.25) is 0 Å². The van der Waals surface area contributed by atoms with Gasteiger partial charge in [0.1, 0.15) is 23.5 Å². The van der Waals surface area contributed by atoms with Gasteiger partial charge in [-0.2, -0.15) is 18.3 Å². The first-order valence-corrected chi connectivity index (χ1v) is 11.6. The molecule has 0 fully saturated rings. The number of hydrogen-bond acceptors (Lipinski definition) is 6. The Morgan fingerprint density at radius 1 is 1.11 bits per heavy atom. The summed E-state index contributed by atoms with van der Waals surface area (Å²) >= 11 is 0. The maximum atomic E-state index is 14.0. The van der Waals surface area contributed by atoms with Gasteiger partial charge in [0.15, 0.2) is 5.65 Å². The van der Waals surface area contributed by atoms with E-state index in [1.54, 1.807) is 26.0 Å². The molecule has 1 atom stereocenters. The van der Waals surface area contributed by atoms with Crippen molar-refractivity contribution in [3.8, 4) is 11.1 Å². The molecule has 0 radical (unpaired) electrons. The number of esters is 1. The quantitative estimate of drug-likeness (QED) is 0.167. The molecule has 0 amide bonds. The van der Waals surface area contributed by atoms with Gasteiger partial charge in [-0.1, -0.05) is 24.3 Å². The van der Waals surface area contributed by atoms with Crippen LogP contribution >= 0.6 is 0 Å². The zero-order chi connectivity index (χ0) is 27.5. The fraction of sp³-hybridized carbons (Fsp3) is 0.259. The number of fused-ring (bicyclic) bond motifs is 1. The van der Waals surface area contributed by atoms with Gasteiger partial charge < -0.3 is 9.47 Å². The number of benzene rings is 2. The van der Waals surface area contributed by atoms with E-state index in [0.717, 1.165) is 12.1 Å². The summed E-state index contributed by atoms with van der Waals surface area (Å²) in [4.78, 5) is 28.6. The molecule has 11 heteroatoms. The van der Waals surface area contributed by atoms with Gasteiger partial charge in [-0.05, 0) is 61.7 Å². The van der Waals surface area contributed by atoms with E-state index in [0.29, 0.717) is 22.4 Å². The topological polar surface area (TPSA) is 82.8 Å². The zero-order valence-electron chi connectivity index (χ0n) is 20.5. The third-order valence-electron chi connectivity index (χ3n) is 6.12. The van der Waals surface area contributed by atoms with Crippen molar-refractivity contribution in [2.75, 3.05) is 6.61 Å². The maximum absolute atomic E-state index is 14.0. The lowest BCUT2D eigenvalue weighted by molar-refractivity contribution is -0.149. The van der Waals surface area contributed by atoms with Crippen LogP contribution in [0.4, 0.5) is 17.6 Å². The number of carbonyl (C=O) groups is 2. The lowest BCUT2D eigenvalue weighted by Crippen LogP contribution is -2.38. The Labute approximate surface area is 215 Å². The molecule has 4 aromatic rings. The first-order chi connectivity index (χ1) is 18.1. The predicted molar refractivity (Wildman–Crippen MR) is 128 cm³/mol. The van der Waals surface area contributed by atoms with Gasteiger partial charge in [0.2, 0.25) is 0 Å². The average molecular weight is 529 g/mol. The fourth-order valence-corrected chi connectivity index (χ4v) is 4.36. The third kappa shape index (κ3) is 5.22. The number of carbonyl (C=O) groups excluding carboxylic acids is 2. The second-order valence-electron chi connectivity index (χ2n) is 8.73. The summed E-state index contributed by atoms with van der Waals surface area (Å²) in [7, 11) is 0. The van der Waals surface area contributed by atoms with Crippen LogP contribution in [-0.2, 0) is 43.7 Å². The summed E-state index contributed by atoms with van der Waals surface area (Å²) in [6.45, 7) is 3.32. The van der Waals surface area contributed by atoms with Gasteiger partial charge in [0.25, 0.3) is 6.47 Å². The molecule has 198 valence electrons. The standard InChI is InChI=1S/C27H23F4N3O4/c1-3-38-25(36)26(2,14-17-5-4-6-20(28)13-17)22-11-12-32-24-23(21(15-37-16-35)33-34(22)24)18-7-9-19(10-8-18)27(29,30)31/h4-13,16H,3,14-15H2,1-2H3. The van der Waals surface area contributed by atoms with E-state index in [9.17, 15) is 27.2 Å². The summed E-state index contributed by atoms with van der Waals surface area (Å²) in [6.07, 6.45) is -3.03. The minimum Gasteiger partial charge on any atom is -0.465 e. The molecule has 2 aromatic carbocycles. The first-order valence-electron chi connectivity index (χ1n) is 11.6. The molecule has 0 aliphatic rings. The van der Waals surface area contributed by atoms with Gasteiger partial charge in [0, 0.05) is 6.20 Å². The normalized spacial score (nSPS) is 13.2. The van der Waals surface area contributed by atoms with Gasteiger partial charge >= 0.3 is 12.1 Å². The lowest BCUT2D eigenvalue weighted by atomic mass is 9.80. The number of hydrogen-bond donors (Lipinski definition) is 0. The third-order valence-corrected chi connectivity index (χ3v) is 6.12. The molecular formula is C27H23F4N3O4. The number of rotatable bonds is 9. The molecule has 0 bridgehead atoms. The summed E-state index contributed by atoms with van der Waals surface area (Å²) < 4.78 is 65.0. The highest BCUT2D eigenvalue weighted by molar-refractivity contribution is 5.84. The largest absolute Gasteiger partial charge is 0.465 e.